The fourth-order valence-electron chi connectivity index (χ4n) is 2.26. The van der Waals surface area contributed by atoms with Gasteiger partial charge in [-0.15, -0.1) is 11.3 Å². The minimum atomic E-state index is 0.691. The maximum absolute atomic E-state index is 6.16. The highest BCUT2D eigenvalue weighted by molar-refractivity contribution is 7.10. The van der Waals surface area contributed by atoms with Gasteiger partial charge in [-0.05, 0) is 35.9 Å². The van der Waals surface area contributed by atoms with E-state index in [0.29, 0.717) is 11.5 Å². The number of thiazole rings is 1. The molecule has 3 aromatic rings. The van der Waals surface area contributed by atoms with Crippen molar-refractivity contribution in [1.29, 1.82) is 0 Å². The number of halogens is 1. The SMILES string of the molecule is COc1ccc(-c2csc(C=Cc3ccccc3Cl)n2)cc1OC. The molecule has 0 atom stereocenters. The third-order valence-electron chi connectivity index (χ3n) is 3.51. The van der Waals surface area contributed by atoms with Crippen LogP contribution in [0.5, 0.6) is 11.5 Å². The van der Waals surface area contributed by atoms with Crippen LogP contribution in [0.2, 0.25) is 5.02 Å². The molecular formula is C19H16ClNO2S. The molecule has 0 spiro atoms. The molecule has 0 aliphatic rings. The quantitative estimate of drug-likeness (QED) is 0.591. The van der Waals surface area contributed by atoms with Gasteiger partial charge in [-0.1, -0.05) is 35.9 Å². The molecule has 3 rings (SSSR count). The zero-order valence-corrected chi connectivity index (χ0v) is 14.9. The molecule has 0 radical (unpaired) electrons. The van der Waals surface area contributed by atoms with E-state index in [1.807, 2.05) is 60.0 Å². The molecule has 24 heavy (non-hydrogen) atoms. The lowest BCUT2D eigenvalue weighted by Gasteiger charge is -2.08. The van der Waals surface area contributed by atoms with E-state index in [1.54, 1.807) is 25.6 Å². The van der Waals surface area contributed by atoms with Crippen LogP contribution in [-0.4, -0.2) is 19.2 Å². The maximum atomic E-state index is 6.16. The number of methoxy groups -OCH3 is 2. The molecule has 2 aromatic carbocycles. The largest absolute Gasteiger partial charge is 0.493 e. The Morgan fingerprint density at radius 1 is 1.00 bits per heavy atom. The summed E-state index contributed by atoms with van der Waals surface area (Å²) in [6.07, 6.45) is 3.94. The molecule has 0 bridgehead atoms. The number of benzene rings is 2. The Morgan fingerprint density at radius 3 is 2.54 bits per heavy atom. The Bertz CT molecular complexity index is 873. The molecule has 0 fully saturated rings. The second-order valence-electron chi connectivity index (χ2n) is 5.00. The molecule has 0 aliphatic heterocycles. The zero-order valence-electron chi connectivity index (χ0n) is 13.3. The van der Waals surface area contributed by atoms with Gasteiger partial charge in [0.15, 0.2) is 11.5 Å². The van der Waals surface area contributed by atoms with Gasteiger partial charge >= 0.3 is 0 Å². The minimum Gasteiger partial charge on any atom is -0.493 e. The topological polar surface area (TPSA) is 31.4 Å². The highest BCUT2D eigenvalue weighted by Gasteiger charge is 2.08. The van der Waals surface area contributed by atoms with Gasteiger partial charge in [-0.2, -0.15) is 0 Å². The van der Waals surface area contributed by atoms with Crippen LogP contribution in [0.4, 0.5) is 0 Å². The second kappa shape index (κ2) is 7.51. The van der Waals surface area contributed by atoms with Gasteiger partial charge in [0.2, 0.25) is 0 Å². The van der Waals surface area contributed by atoms with Crippen LogP contribution >= 0.6 is 22.9 Å². The Balaban J connectivity index is 1.84. The third kappa shape index (κ3) is 3.61. The lowest BCUT2D eigenvalue weighted by atomic mass is 10.1. The van der Waals surface area contributed by atoms with E-state index in [4.69, 9.17) is 21.1 Å². The Labute approximate surface area is 150 Å². The lowest BCUT2D eigenvalue weighted by molar-refractivity contribution is 0.355. The molecule has 0 N–H and O–H groups in total. The normalized spacial score (nSPS) is 11.0. The number of nitrogens with zero attached hydrogens (tertiary/aromatic N) is 1. The van der Waals surface area contributed by atoms with Crippen LogP contribution in [0.25, 0.3) is 23.4 Å². The molecule has 3 nitrogen and oxygen atoms in total. The minimum absolute atomic E-state index is 0.691. The van der Waals surface area contributed by atoms with Crippen molar-refractivity contribution in [3.63, 3.8) is 0 Å². The smallest absolute Gasteiger partial charge is 0.161 e. The Hall–Kier alpha value is -2.30. The lowest BCUT2D eigenvalue weighted by Crippen LogP contribution is -1.90. The fourth-order valence-corrected chi connectivity index (χ4v) is 3.18. The number of hydrogen-bond acceptors (Lipinski definition) is 4. The summed E-state index contributed by atoms with van der Waals surface area (Å²) in [6.45, 7) is 0. The van der Waals surface area contributed by atoms with Crippen molar-refractivity contribution in [1.82, 2.24) is 4.98 Å². The molecular weight excluding hydrogens is 342 g/mol. The van der Waals surface area contributed by atoms with E-state index >= 15 is 0 Å². The first kappa shape index (κ1) is 16.6. The summed E-state index contributed by atoms with van der Waals surface area (Å²) in [7, 11) is 3.25. The summed E-state index contributed by atoms with van der Waals surface area (Å²) < 4.78 is 10.6. The molecule has 5 heteroatoms. The van der Waals surface area contributed by atoms with Crippen LogP contribution in [0.1, 0.15) is 10.6 Å². The molecule has 0 amide bonds. The highest BCUT2D eigenvalue weighted by atomic mass is 35.5. The number of rotatable bonds is 5. The van der Waals surface area contributed by atoms with Gasteiger partial charge in [-0.25, -0.2) is 4.98 Å². The first-order chi connectivity index (χ1) is 11.7. The average Bonchev–Trinajstić information content (AvgIpc) is 3.09. The third-order valence-corrected chi connectivity index (χ3v) is 4.67. The predicted octanol–water partition coefficient (Wildman–Crippen LogP) is 5.65. The van der Waals surface area contributed by atoms with Crippen molar-refractivity contribution >= 4 is 35.1 Å². The first-order valence-corrected chi connectivity index (χ1v) is 8.57. The molecule has 1 heterocycles. The summed E-state index contributed by atoms with van der Waals surface area (Å²) in [5.41, 5.74) is 2.86. The molecule has 0 saturated carbocycles. The van der Waals surface area contributed by atoms with Crippen LogP contribution in [0, 0.1) is 0 Å². The first-order valence-electron chi connectivity index (χ1n) is 7.32. The Morgan fingerprint density at radius 2 is 1.79 bits per heavy atom. The van der Waals surface area contributed by atoms with E-state index in [9.17, 15) is 0 Å². The standard InChI is InChI=1S/C19H16ClNO2S/c1-22-17-9-7-14(11-18(17)23-2)16-12-24-19(21-16)10-8-13-5-3-4-6-15(13)20/h3-12H,1-2H3. The van der Waals surface area contributed by atoms with Crippen molar-refractivity contribution in [3.05, 3.63) is 63.4 Å². The molecule has 0 unspecified atom stereocenters. The van der Waals surface area contributed by atoms with Crippen molar-refractivity contribution in [2.24, 2.45) is 0 Å². The number of aromatic nitrogens is 1. The zero-order chi connectivity index (χ0) is 16.9. The van der Waals surface area contributed by atoms with Crippen molar-refractivity contribution in [2.75, 3.05) is 14.2 Å². The summed E-state index contributed by atoms with van der Waals surface area (Å²) in [5, 5.41) is 3.66. The molecule has 1 aromatic heterocycles. The van der Waals surface area contributed by atoms with Crippen molar-refractivity contribution in [2.45, 2.75) is 0 Å². The molecule has 0 saturated heterocycles. The van der Waals surface area contributed by atoms with Gasteiger partial charge in [0.05, 0.1) is 19.9 Å². The summed E-state index contributed by atoms with van der Waals surface area (Å²) >= 11 is 7.74. The molecule has 0 aliphatic carbocycles. The van der Waals surface area contributed by atoms with Gasteiger partial charge < -0.3 is 9.47 Å². The molecule has 122 valence electrons. The van der Waals surface area contributed by atoms with E-state index in [1.165, 1.54) is 0 Å². The van der Waals surface area contributed by atoms with E-state index in [0.717, 1.165) is 26.9 Å². The van der Waals surface area contributed by atoms with Crippen LogP contribution in [-0.2, 0) is 0 Å². The van der Waals surface area contributed by atoms with Gasteiger partial charge in [-0.3, -0.25) is 0 Å². The second-order valence-corrected chi connectivity index (χ2v) is 6.29. The van der Waals surface area contributed by atoms with Crippen molar-refractivity contribution < 1.29 is 9.47 Å². The Kier molecular flexibility index (Phi) is 5.18. The van der Waals surface area contributed by atoms with Gasteiger partial charge in [0.25, 0.3) is 0 Å². The monoisotopic (exact) mass is 357 g/mol. The van der Waals surface area contributed by atoms with Gasteiger partial charge in [0.1, 0.15) is 5.01 Å². The van der Waals surface area contributed by atoms with E-state index in [-0.39, 0.29) is 0 Å². The predicted molar refractivity (Wildman–Crippen MR) is 101 cm³/mol. The van der Waals surface area contributed by atoms with Crippen LogP contribution < -0.4 is 9.47 Å². The van der Waals surface area contributed by atoms with E-state index < -0.39 is 0 Å². The van der Waals surface area contributed by atoms with Crippen molar-refractivity contribution in [3.8, 4) is 22.8 Å². The average molecular weight is 358 g/mol. The van der Waals surface area contributed by atoms with Crippen LogP contribution in [0.15, 0.2) is 47.8 Å². The van der Waals surface area contributed by atoms with Crippen LogP contribution in [0.3, 0.4) is 0 Å². The summed E-state index contributed by atoms with van der Waals surface area (Å²) in [5.74, 6) is 1.39. The van der Waals surface area contributed by atoms with E-state index in [2.05, 4.69) is 4.98 Å². The maximum Gasteiger partial charge on any atom is 0.161 e. The summed E-state index contributed by atoms with van der Waals surface area (Å²) in [6, 6.07) is 13.5. The number of hydrogen-bond donors (Lipinski definition) is 0. The van der Waals surface area contributed by atoms with Gasteiger partial charge in [0, 0.05) is 16.0 Å². The number of ether oxygens (including phenoxy) is 2. The highest BCUT2D eigenvalue weighted by Crippen LogP contribution is 2.33. The fraction of sp³-hybridized carbons (Fsp3) is 0.105. The summed E-state index contributed by atoms with van der Waals surface area (Å²) in [4.78, 5) is 4.65.